The molecule has 1 fully saturated rings. The Balaban J connectivity index is 2.15. The van der Waals surface area contributed by atoms with Crippen LogP contribution in [0.15, 0.2) is 22.7 Å². The molecule has 1 heterocycles. The van der Waals surface area contributed by atoms with Gasteiger partial charge in [0.25, 0.3) is 0 Å². The number of methoxy groups -OCH3 is 1. The summed E-state index contributed by atoms with van der Waals surface area (Å²) in [4.78, 5) is 0. The molecule has 1 saturated heterocycles. The van der Waals surface area contributed by atoms with Crippen molar-refractivity contribution in [3.05, 3.63) is 28.2 Å². The van der Waals surface area contributed by atoms with Gasteiger partial charge in [-0.05, 0) is 17.7 Å². The van der Waals surface area contributed by atoms with Crippen LogP contribution in [0.3, 0.4) is 0 Å². The summed E-state index contributed by atoms with van der Waals surface area (Å²) in [5, 5.41) is 0. The van der Waals surface area contributed by atoms with Crippen molar-refractivity contribution >= 4 is 15.9 Å². The molecule has 2 N–H and O–H groups in total. The zero-order valence-corrected chi connectivity index (χ0v) is 11.3. The van der Waals surface area contributed by atoms with Crippen molar-refractivity contribution in [2.45, 2.75) is 12.1 Å². The SMILES string of the molecule is COc1ccc(C(N)C2COCCO2)c(Br)c1. The highest BCUT2D eigenvalue weighted by Gasteiger charge is 2.24. The Labute approximate surface area is 109 Å². The minimum absolute atomic E-state index is 0.0894. The Morgan fingerprint density at radius 3 is 2.88 bits per heavy atom. The molecule has 0 saturated carbocycles. The maximum Gasteiger partial charge on any atom is 0.120 e. The molecule has 2 atom stereocenters. The van der Waals surface area contributed by atoms with E-state index in [0.717, 1.165) is 15.8 Å². The van der Waals surface area contributed by atoms with Crippen LogP contribution in [0.25, 0.3) is 0 Å². The highest BCUT2D eigenvalue weighted by Crippen LogP contribution is 2.29. The summed E-state index contributed by atoms with van der Waals surface area (Å²) < 4.78 is 17.0. The predicted molar refractivity (Wildman–Crippen MR) is 68.2 cm³/mol. The number of hydrogen-bond acceptors (Lipinski definition) is 4. The van der Waals surface area contributed by atoms with Crippen LogP contribution >= 0.6 is 15.9 Å². The fourth-order valence-electron chi connectivity index (χ4n) is 1.82. The predicted octanol–water partition coefficient (Wildman–Crippen LogP) is 1.87. The zero-order chi connectivity index (χ0) is 12.3. The second-order valence-electron chi connectivity index (χ2n) is 3.90. The molecular weight excluding hydrogens is 286 g/mol. The lowest BCUT2D eigenvalue weighted by atomic mass is 10.0. The molecular formula is C12H16BrNO3. The average Bonchev–Trinajstić information content (AvgIpc) is 2.39. The first kappa shape index (κ1) is 12.8. The average molecular weight is 302 g/mol. The molecule has 2 rings (SSSR count). The lowest BCUT2D eigenvalue weighted by Crippen LogP contribution is -2.37. The smallest absolute Gasteiger partial charge is 0.120 e. The Morgan fingerprint density at radius 1 is 1.47 bits per heavy atom. The van der Waals surface area contributed by atoms with Crippen molar-refractivity contribution in [2.75, 3.05) is 26.9 Å². The van der Waals surface area contributed by atoms with Crippen LogP contribution in [0.4, 0.5) is 0 Å². The van der Waals surface area contributed by atoms with Gasteiger partial charge in [0.2, 0.25) is 0 Å². The van der Waals surface area contributed by atoms with Gasteiger partial charge in [-0.3, -0.25) is 0 Å². The van der Waals surface area contributed by atoms with Gasteiger partial charge in [0.15, 0.2) is 0 Å². The van der Waals surface area contributed by atoms with E-state index in [0.29, 0.717) is 19.8 Å². The fraction of sp³-hybridized carbons (Fsp3) is 0.500. The Bertz CT molecular complexity index is 380. The van der Waals surface area contributed by atoms with E-state index >= 15 is 0 Å². The Morgan fingerprint density at radius 2 is 2.29 bits per heavy atom. The first-order valence-corrected chi connectivity index (χ1v) is 6.30. The fourth-order valence-corrected chi connectivity index (χ4v) is 2.44. The van der Waals surface area contributed by atoms with E-state index in [9.17, 15) is 0 Å². The number of benzene rings is 1. The lowest BCUT2D eigenvalue weighted by Gasteiger charge is -2.28. The minimum Gasteiger partial charge on any atom is -0.497 e. The molecule has 2 unspecified atom stereocenters. The third kappa shape index (κ3) is 2.98. The number of ether oxygens (including phenoxy) is 3. The molecule has 1 aliphatic rings. The van der Waals surface area contributed by atoms with E-state index in [1.807, 2.05) is 18.2 Å². The van der Waals surface area contributed by atoms with Crippen LogP contribution in [0, 0.1) is 0 Å². The van der Waals surface area contributed by atoms with Crippen LogP contribution in [0.5, 0.6) is 5.75 Å². The van der Waals surface area contributed by atoms with Crippen molar-refractivity contribution in [1.82, 2.24) is 0 Å². The maximum atomic E-state index is 6.19. The molecule has 5 heteroatoms. The minimum atomic E-state index is -0.199. The van der Waals surface area contributed by atoms with Crippen LogP contribution in [-0.2, 0) is 9.47 Å². The van der Waals surface area contributed by atoms with E-state index in [4.69, 9.17) is 19.9 Å². The number of nitrogens with two attached hydrogens (primary N) is 1. The molecule has 1 aromatic rings. The Kier molecular flexibility index (Phi) is 4.39. The molecule has 0 aromatic heterocycles. The summed E-state index contributed by atoms with van der Waals surface area (Å²) in [5.74, 6) is 0.800. The molecule has 4 nitrogen and oxygen atoms in total. The number of rotatable bonds is 3. The summed E-state index contributed by atoms with van der Waals surface area (Å²) in [6.45, 7) is 1.79. The van der Waals surface area contributed by atoms with Crippen molar-refractivity contribution in [2.24, 2.45) is 5.73 Å². The summed E-state index contributed by atoms with van der Waals surface area (Å²) in [6, 6.07) is 5.55. The number of halogens is 1. The van der Waals surface area contributed by atoms with Gasteiger partial charge in [-0.15, -0.1) is 0 Å². The standard InChI is InChI=1S/C12H16BrNO3/c1-15-8-2-3-9(10(13)6-8)12(14)11-7-16-4-5-17-11/h2-3,6,11-12H,4-5,7,14H2,1H3. The second kappa shape index (κ2) is 5.82. The molecule has 0 spiro atoms. The topological polar surface area (TPSA) is 53.7 Å². The molecule has 17 heavy (non-hydrogen) atoms. The molecule has 1 aromatic carbocycles. The van der Waals surface area contributed by atoms with Crippen LogP contribution in [0.1, 0.15) is 11.6 Å². The molecule has 0 bridgehead atoms. The van der Waals surface area contributed by atoms with Crippen molar-refractivity contribution < 1.29 is 14.2 Å². The maximum absolute atomic E-state index is 6.19. The highest BCUT2D eigenvalue weighted by molar-refractivity contribution is 9.10. The van der Waals surface area contributed by atoms with Crippen molar-refractivity contribution in [3.63, 3.8) is 0 Å². The van der Waals surface area contributed by atoms with Gasteiger partial charge in [-0.1, -0.05) is 22.0 Å². The molecule has 0 amide bonds. The normalized spacial score (nSPS) is 22.2. The Hall–Kier alpha value is -0.620. The van der Waals surface area contributed by atoms with Crippen LogP contribution in [-0.4, -0.2) is 33.0 Å². The largest absolute Gasteiger partial charge is 0.497 e. The van der Waals surface area contributed by atoms with Crippen LogP contribution in [0.2, 0.25) is 0 Å². The summed E-state index contributed by atoms with van der Waals surface area (Å²) >= 11 is 3.50. The van der Waals surface area contributed by atoms with Gasteiger partial charge in [0, 0.05) is 4.47 Å². The third-order valence-electron chi connectivity index (χ3n) is 2.81. The van der Waals surface area contributed by atoms with E-state index in [2.05, 4.69) is 15.9 Å². The van der Waals surface area contributed by atoms with Crippen LogP contribution < -0.4 is 10.5 Å². The first-order chi connectivity index (χ1) is 8.22. The monoisotopic (exact) mass is 301 g/mol. The van der Waals surface area contributed by atoms with Gasteiger partial charge in [-0.25, -0.2) is 0 Å². The van der Waals surface area contributed by atoms with Gasteiger partial charge >= 0.3 is 0 Å². The van der Waals surface area contributed by atoms with Gasteiger partial charge in [-0.2, -0.15) is 0 Å². The summed E-state index contributed by atoms with van der Waals surface area (Å²) in [6.07, 6.45) is -0.0894. The van der Waals surface area contributed by atoms with Gasteiger partial charge in [0.1, 0.15) is 11.9 Å². The highest BCUT2D eigenvalue weighted by atomic mass is 79.9. The third-order valence-corrected chi connectivity index (χ3v) is 3.50. The van der Waals surface area contributed by atoms with Gasteiger partial charge in [0.05, 0.1) is 33.0 Å². The number of hydrogen-bond donors (Lipinski definition) is 1. The quantitative estimate of drug-likeness (QED) is 0.926. The van der Waals surface area contributed by atoms with E-state index in [1.165, 1.54) is 0 Å². The summed E-state index contributed by atoms with van der Waals surface area (Å²) in [7, 11) is 1.64. The lowest BCUT2D eigenvalue weighted by molar-refractivity contribution is -0.0976. The van der Waals surface area contributed by atoms with E-state index < -0.39 is 0 Å². The van der Waals surface area contributed by atoms with Gasteiger partial charge < -0.3 is 19.9 Å². The van der Waals surface area contributed by atoms with E-state index in [-0.39, 0.29) is 12.1 Å². The van der Waals surface area contributed by atoms with Crippen molar-refractivity contribution in [1.29, 1.82) is 0 Å². The van der Waals surface area contributed by atoms with Crippen molar-refractivity contribution in [3.8, 4) is 5.75 Å². The molecule has 94 valence electrons. The molecule has 1 aliphatic heterocycles. The summed E-state index contributed by atoms with van der Waals surface area (Å²) in [5.41, 5.74) is 7.19. The zero-order valence-electron chi connectivity index (χ0n) is 9.69. The first-order valence-electron chi connectivity index (χ1n) is 5.50. The second-order valence-corrected chi connectivity index (χ2v) is 4.75. The van der Waals surface area contributed by atoms with E-state index in [1.54, 1.807) is 7.11 Å². The molecule has 0 aliphatic carbocycles. The molecule has 0 radical (unpaired) electrons.